The largest absolute Gasteiger partial charge is 0.484 e. The van der Waals surface area contributed by atoms with E-state index in [-0.39, 0.29) is 12.5 Å². The van der Waals surface area contributed by atoms with E-state index in [1.54, 1.807) is 12.1 Å². The summed E-state index contributed by atoms with van der Waals surface area (Å²) in [6.45, 7) is 1.97. The van der Waals surface area contributed by atoms with Crippen molar-refractivity contribution in [2.75, 3.05) is 6.61 Å². The summed E-state index contributed by atoms with van der Waals surface area (Å²) in [6.07, 6.45) is 2.34. The maximum Gasteiger partial charge on any atom is 0.277 e. The van der Waals surface area contributed by atoms with Crippen molar-refractivity contribution in [3.63, 3.8) is 0 Å². The van der Waals surface area contributed by atoms with Gasteiger partial charge in [-0.3, -0.25) is 4.79 Å². The van der Waals surface area contributed by atoms with Gasteiger partial charge in [0.25, 0.3) is 5.91 Å². The lowest BCUT2D eigenvalue weighted by atomic mass is 10.2. The van der Waals surface area contributed by atoms with Gasteiger partial charge in [-0.25, -0.2) is 5.43 Å². The SMILES string of the molecule is CCc1cccc(OCC(=O)N/N=C\c2ccc(Br)o2)c1. The Labute approximate surface area is 131 Å². The summed E-state index contributed by atoms with van der Waals surface area (Å²) < 4.78 is 11.2. The summed E-state index contributed by atoms with van der Waals surface area (Å²) in [7, 11) is 0. The average molecular weight is 351 g/mol. The van der Waals surface area contributed by atoms with E-state index in [0.29, 0.717) is 16.2 Å². The molecule has 1 N–H and O–H groups in total. The number of hydrogen-bond acceptors (Lipinski definition) is 4. The van der Waals surface area contributed by atoms with Crippen LogP contribution in [0, 0.1) is 0 Å². The van der Waals surface area contributed by atoms with Crippen molar-refractivity contribution < 1.29 is 13.9 Å². The van der Waals surface area contributed by atoms with E-state index >= 15 is 0 Å². The second kappa shape index (κ2) is 7.64. The molecule has 1 aromatic heterocycles. The Morgan fingerprint density at radius 1 is 1.43 bits per heavy atom. The molecule has 2 aromatic rings. The summed E-state index contributed by atoms with van der Waals surface area (Å²) in [5.74, 6) is 0.876. The molecule has 0 fully saturated rings. The van der Waals surface area contributed by atoms with Gasteiger partial charge in [0, 0.05) is 0 Å². The first kappa shape index (κ1) is 15.3. The van der Waals surface area contributed by atoms with E-state index in [2.05, 4.69) is 33.4 Å². The molecule has 1 amide bonds. The molecule has 0 aliphatic carbocycles. The van der Waals surface area contributed by atoms with Gasteiger partial charge < -0.3 is 9.15 Å². The lowest BCUT2D eigenvalue weighted by Crippen LogP contribution is -2.24. The van der Waals surface area contributed by atoms with Crippen LogP contribution in [0.5, 0.6) is 5.75 Å². The number of hydrogen-bond donors (Lipinski definition) is 1. The molecule has 0 aliphatic rings. The molecule has 110 valence electrons. The van der Waals surface area contributed by atoms with Crippen molar-refractivity contribution in [1.29, 1.82) is 0 Å². The molecule has 0 radical (unpaired) electrons. The number of nitrogens with one attached hydrogen (secondary N) is 1. The molecule has 0 spiro atoms. The molecular weight excluding hydrogens is 336 g/mol. The molecule has 0 atom stereocenters. The summed E-state index contributed by atoms with van der Waals surface area (Å²) in [6, 6.07) is 11.1. The van der Waals surface area contributed by atoms with Crippen LogP contribution in [0.1, 0.15) is 18.2 Å². The highest BCUT2D eigenvalue weighted by Gasteiger charge is 2.02. The summed E-state index contributed by atoms with van der Waals surface area (Å²) in [5, 5.41) is 3.78. The van der Waals surface area contributed by atoms with E-state index < -0.39 is 0 Å². The Morgan fingerprint density at radius 2 is 2.29 bits per heavy atom. The van der Waals surface area contributed by atoms with Gasteiger partial charge >= 0.3 is 0 Å². The molecule has 0 unspecified atom stereocenters. The van der Waals surface area contributed by atoms with Crippen molar-refractivity contribution in [1.82, 2.24) is 5.43 Å². The van der Waals surface area contributed by atoms with Gasteiger partial charge in [0.05, 0.1) is 6.21 Å². The number of aryl methyl sites for hydroxylation is 1. The zero-order chi connectivity index (χ0) is 15.1. The number of nitrogens with zero attached hydrogens (tertiary/aromatic N) is 1. The Kier molecular flexibility index (Phi) is 5.57. The number of benzene rings is 1. The molecule has 0 bridgehead atoms. The molecule has 21 heavy (non-hydrogen) atoms. The molecule has 0 aliphatic heterocycles. The number of furan rings is 1. The van der Waals surface area contributed by atoms with Crippen LogP contribution >= 0.6 is 15.9 Å². The highest BCUT2D eigenvalue weighted by atomic mass is 79.9. The molecule has 6 heteroatoms. The van der Waals surface area contributed by atoms with Crippen LogP contribution in [-0.4, -0.2) is 18.7 Å². The van der Waals surface area contributed by atoms with Crippen LogP contribution in [0.3, 0.4) is 0 Å². The first-order valence-corrected chi connectivity index (χ1v) is 7.25. The quantitative estimate of drug-likeness (QED) is 0.642. The third-order valence-electron chi connectivity index (χ3n) is 2.65. The van der Waals surface area contributed by atoms with E-state index in [1.165, 1.54) is 6.21 Å². The summed E-state index contributed by atoms with van der Waals surface area (Å²) in [5.41, 5.74) is 3.53. The van der Waals surface area contributed by atoms with Crippen molar-refractivity contribution in [2.45, 2.75) is 13.3 Å². The van der Waals surface area contributed by atoms with Crippen LogP contribution < -0.4 is 10.2 Å². The number of rotatable bonds is 6. The van der Waals surface area contributed by atoms with E-state index in [4.69, 9.17) is 9.15 Å². The average Bonchev–Trinajstić information content (AvgIpc) is 2.91. The van der Waals surface area contributed by atoms with Gasteiger partial charge in [-0.05, 0) is 52.2 Å². The maximum atomic E-state index is 11.6. The Bertz CT molecular complexity index is 637. The van der Waals surface area contributed by atoms with Crippen LogP contribution in [0.2, 0.25) is 0 Å². The Balaban J connectivity index is 1.78. The summed E-state index contributed by atoms with van der Waals surface area (Å²) in [4.78, 5) is 11.6. The highest BCUT2D eigenvalue weighted by Crippen LogP contribution is 2.13. The van der Waals surface area contributed by atoms with E-state index in [1.807, 2.05) is 24.3 Å². The van der Waals surface area contributed by atoms with Gasteiger partial charge in [-0.15, -0.1) is 0 Å². The molecule has 1 aromatic carbocycles. The van der Waals surface area contributed by atoms with Crippen molar-refractivity contribution in [3.8, 4) is 5.75 Å². The van der Waals surface area contributed by atoms with Gasteiger partial charge in [0.15, 0.2) is 11.3 Å². The minimum Gasteiger partial charge on any atom is -0.484 e. The van der Waals surface area contributed by atoms with E-state index in [0.717, 1.165) is 12.0 Å². The van der Waals surface area contributed by atoms with Crippen molar-refractivity contribution >= 4 is 28.1 Å². The highest BCUT2D eigenvalue weighted by molar-refractivity contribution is 9.10. The van der Waals surface area contributed by atoms with Gasteiger partial charge in [-0.1, -0.05) is 19.1 Å². The maximum absolute atomic E-state index is 11.6. The van der Waals surface area contributed by atoms with Gasteiger partial charge in [-0.2, -0.15) is 5.10 Å². The lowest BCUT2D eigenvalue weighted by molar-refractivity contribution is -0.123. The van der Waals surface area contributed by atoms with Gasteiger partial charge in [0.2, 0.25) is 0 Å². The minimum atomic E-state index is -0.334. The minimum absolute atomic E-state index is 0.0909. The predicted molar refractivity (Wildman–Crippen MR) is 83.5 cm³/mol. The fourth-order valence-electron chi connectivity index (χ4n) is 1.60. The lowest BCUT2D eigenvalue weighted by Gasteiger charge is -2.06. The zero-order valence-electron chi connectivity index (χ0n) is 11.5. The number of carbonyl (C=O) groups excluding carboxylic acids is 1. The topological polar surface area (TPSA) is 63.8 Å². The number of amides is 1. The predicted octanol–water partition coefficient (Wildman–Crippen LogP) is 3.13. The molecule has 0 saturated carbocycles. The summed E-state index contributed by atoms with van der Waals surface area (Å²) >= 11 is 3.18. The van der Waals surface area contributed by atoms with Gasteiger partial charge in [0.1, 0.15) is 11.5 Å². The Morgan fingerprint density at radius 3 is 3.00 bits per heavy atom. The number of hydrazone groups is 1. The first-order chi connectivity index (χ1) is 10.2. The second-order valence-corrected chi connectivity index (χ2v) is 5.01. The third-order valence-corrected chi connectivity index (χ3v) is 3.08. The number of carbonyl (C=O) groups is 1. The first-order valence-electron chi connectivity index (χ1n) is 6.46. The smallest absolute Gasteiger partial charge is 0.277 e. The van der Waals surface area contributed by atoms with Crippen LogP contribution in [0.15, 0.2) is 50.6 Å². The van der Waals surface area contributed by atoms with Crippen LogP contribution in [-0.2, 0) is 11.2 Å². The number of ether oxygens (including phenoxy) is 1. The van der Waals surface area contributed by atoms with Crippen molar-refractivity contribution in [2.24, 2.45) is 5.10 Å². The van der Waals surface area contributed by atoms with Crippen LogP contribution in [0.25, 0.3) is 0 Å². The molecule has 5 nitrogen and oxygen atoms in total. The normalized spacial score (nSPS) is 10.8. The monoisotopic (exact) mass is 350 g/mol. The second-order valence-electron chi connectivity index (χ2n) is 4.22. The van der Waals surface area contributed by atoms with Crippen LogP contribution in [0.4, 0.5) is 0 Å². The zero-order valence-corrected chi connectivity index (χ0v) is 13.1. The molecular formula is C15H15BrN2O3. The third kappa shape index (κ3) is 5.07. The van der Waals surface area contributed by atoms with E-state index in [9.17, 15) is 4.79 Å². The molecule has 1 heterocycles. The number of halogens is 1. The molecule has 0 saturated heterocycles. The van der Waals surface area contributed by atoms with Crippen molar-refractivity contribution in [3.05, 3.63) is 52.4 Å². The molecule has 2 rings (SSSR count). The Hall–Kier alpha value is -2.08. The fraction of sp³-hybridized carbons (Fsp3) is 0.200. The fourth-order valence-corrected chi connectivity index (χ4v) is 1.92. The standard InChI is InChI=1S/C15H15BrN2O3/c1-2-11-4-3-5-12(8-11)20-10-15(19)18-17-9-13-6-7-14(16)21-13/h3-9H,2,10H2,1H3,(H,18,19)/b17-9-.